The standard InChI is InChI=1S/C13H19N3OS/c1-15(2)7-8-17-12-5-9-18-13(12)10-11-4-6-14-16(11)3/h4-6,9H,7-8,10H2,1-3H3. The van der Waals surface area contributed by atoms with E-state index in [0.29, 0.717) is 0 Å². The van der Waals surface area contributed by atoms with Crippen molar-refractivity contribution in [3.63, 3.8) is 0 Å². The van der Waals surface area contributed by atoms with Crippen LogP contribution in [0.1, 0.15) is 10.6 Å². The number of aryl methyl sites for hydroxylation is 1. The van der Waals surface area contributed by atoms with Gasteiger partial charge < -0.3 is 9.64 Å². The SMILES string of the molecule is CN(C)CCOc1ccsc1Cc1ccnn1C. The van der Waals surface area contributed by atoms with Gasteiger partial charge in [0.2, 0.25) is 0 Å². The molecule has 0 saturated heterocycles. The minimum absolute atomic E-state index is 0.724. The average molecular weight is 265 g/mol. The van der Waals surface area contributed by atoms with Crippen LogP contribution in [0.15, 0.2) is 23.7 Å². The van der Waals surface area contributed by atoms with Gasteiger partial charge in [-0.3, -0.25) is 4.68 Å². The maximum absolute atomic E-state index is 5.82. The first kappa shape index (κ1) is 13.1. The molecule has 0 radical (unpaired) electrons. The number of rotatable bonds is 6. The van der Waals surface area contributed by atoms with E-state index in [4.69, 9.17) is 4.74 Å². The number of thiophene rings is 1. The fourth-order valence-corrected chi connectivity index (χ4v) is 2.49. The predicted octanol–water partition coefficient (Wildman–Crippen LogP) is 2.01. The van der Waals surface area contributed by atoms with Gasteiger partial charge in [-0.2, -0.15) is 5.10 Å². The molecular weight excluding hydrogens is 246 g/mol. The van der Waals surface area contributed by atoms with Crippen LogP contribution in [-0.2, 0) is 13.5 Å². The molecule has 0 aliphatic rings. The fraction of sp³-hybridized carbons (Fsp3) is 0.462. The van der Waals surface area contributed by atoms with Gasteiger partial charge in [0.05, 0.1) is 4.88 Å². The van der Waals surface area contributed by atoms with Crippen molar-refractivity contribution in [3.8, 4) is 5.75 Å². The van der Waals surface area contributed by atoms with Crippen LogP contribution in [0.25, 0.3) is 0 Å². The molecule has 0 aliphatic heterocycles. The Balaban J connectivity index is 1.97. The Bertz CT molecular complexity index is 490. The Morgan fingerprint density at radius 1 is 1.39 bits per heavy atom. The molecule has 0 aromatic carbocycles. The molecule has 0 unspecified atom stereocenters. The third kappa shape index (κ3) is 3.34. The van der Waals surface area contributed by atoms with Crippen LogP contribution < -0.4 is 4.74 Å². The lowest BCUT2D eigenvalue weighted by atomic mass is 10.2. The predicted molar refractivity (Wildman–Crippen MR) is 74.4 cm³/mol. The van der Waals surface area contributed by atoms with E-state index in [1.165, 1.54) is 10.6 Å². The number of hydrogen-bond donors (Lipinski definition) is 0. The number of nitrogens with zero attached hydrogens (tertiary/aromatic N) is 3. The summed E-state index contributed by atoms with van der Waals surface area (Å²) in [5.74, 6) is 1.00. The lowest BCUT2D eigenvalue weighted by Crippen LogP contribution is -2.19. The van der Waals surface area contributed by atoms with Gasteiger partial charge >= 0.3 is 0 Å². The van der Waals surface area contributed by atoms with Crippen molar-refractivity contribution in [2.24, 2.45) is 7.05 Å². The Kier molecular flexibility index (Phi) is 4.38. The molecule has 5 heteroatoms. The molecule has 0 spiro atoms. The molecule has 2 aromatic heterocycles. The van der Waals surface area contributed by atoms with E-state index < -0.39 is 0 Å². The summed E-state index contributed by atoms with van der Waals surface area (Å²) in [6.07, 6.45) is 2.71. The van der Waals surface area contributed by atoms with Gasteiger partial charge in [0.15, 0.2) is 0 Å². The molecule has 0 amide bonds. The van der Waals surface area contributed by atoms with Crippen molar-refractivity contribution in [3.05, 3.63) is 34.3 Å². The highest BCUT2D eigenvalue weighted by Crippen LogP contribution is 2.27. The number of ether oxygens (including phenoxy) is 1. The van der Waals surface area contributed by atoms with E-state index in [0.717, 1.165) is 25.3 Å². The van der Waals surface area contributed by atoms with Crippen molar-refractivity contribution in [2.75, 3.05) is 27.2 Å². The first-order chi connectivity index (χ1) is 8.66. The van der Waals surface area contributed by atoms with Gasteiger partial charge in [-0.05, 0) is 31.6 Å². The van der Waals surface area contributed by atoms with Crippen molar-refractivity contribution in [2.45, 2.75) is 6.42 Å². The lowest BCUT2D eigenvalue weighted by molar-refractivity contribution is 0.260. The molecular formula is C13H19N3OS. The number of aromatic nitrogens is 2. The summed E-state index contributed by atoms with van der Waals surface area (Å²) >= 11 is 1.74. The Hall–Kier alpha value is -1.33. The van der Waals surface area contributed by atoms with Crippen molar-refractivity contribution >= 4 is 11.3 Å². The smallest absolute Gasteiger partial charge is 0.133 e. The Morgan fingerprint density at radius 2 is 2.22 bits per heavy atom. The van der Waals surface area contributed by atoms with Crippen LogP contribution in [0.4, 0.5) is 0 Å². The molecule has 0 bridgehead atoms. The molecule has 0 atom stereocenters. The van der Waals surface area contributed by atoms with E-state index in [2.05, 4.69) is 15.4 Å². The lowest BCUT2D eigenvalue weighted by Gasteiger charge is -2.11. The second-order valence-corrected chi connectivity index (χ2v) is 5.48. The molecule has 2 heterocycles. The van der Waals surface area contributed by atoms with Crippen LogP contribution >= 0.6 is 11.3 Å². The van der Waals surface area contributed by atoms with E-state index in [9.17, 15) is 0 Å². The summed E-state index contributed by atoms with van der Waals surface area (Å²) in [5.41, 5.74) is 1.20. The highest BCUT2D eigenvalue weighted by atomic mass is 32.1. The average Bonchev–Trinajstić information content (AvgIpc) is 2.90. The van der Waals surface area contributed by atoms with Gasteiger partial charge in [0.1, 0.15) is 12.4 Å². The van der Waals surface area contributed by atoms with Crippen LogP contribution in [0.5, 0.6) is 5.75 Å². The normalized spacial score (nSPS) is 11.1. The Morgan fingerprint density at radius 3 is 2.89 bits per heavy atom. The number of hydrogen-bond acceptors (Lipinski definition) is 4. The van der Waals surface area contributed by atoms with Crippen molar-refractivity contribution in [1.82, 2.24) is 14.7 Å². The molecule has 2 rings (SSSR count). The molecule has 2 aromatic rings. The van der Waals surface area contributed by atoms with Gasteiger partial charge in [-0.15, -0.1) is 11.3 Å². The molecule has 4 nitrogen and oxygen atoms in total. The summed E-state index contributed by atoms with van der Waals surface area (Å²) in [5, 5.41) is 6.27. The van der Waals surface area contributed by atoms with Gasteiger partial charge in [0.25, 0.3) is 0 Å². The third-order valence-corrected chi connectivity index (χ3v) is 3.67. The zero-order valence-corrected chi connectivity index (χ0v) is 11.9. The molecule has 0 saturated carbocycles. The summed E-state index contributed by atoms with van der Waals surface area (Å²) in [6.45, 7) is 1.66. The minimum Gasteiger partial charge on any atom is -0.491 e. The maximum atomic E-state index is 5.82. The zero-order valence-electron chi connectivity index (χ0n) is 11.1. The summed E-state index contributed by atoms with van der Waals surface area (Å²) in [7, 11) is 6.07. The van der Waals surface area contributed by atoms with Crippen LogP contribution in [-0.4, -0.2) is 41.9 Å². The second kappa shape index (κ2) is 6.02. The van der Waals surface area contributed by atoms with Gasteiger partial charge in [0, 0.05) is 31.9 Å². The van der Waals surface area contributed by atoms with Crippen LogP contribution in [0.3, 0.4) is 0 Å². The summed E-state index contributed by atoms with van der Waals surface area (Å²) in [6, 6.07) is 4.09. The zero-order chi connectivity index (χ0) is 13.0. The second-order valence-electron chi connectivity index (χ2n) is 4.48. The van der Waals surface area contributed by atoms with E-state index in [1.54, 1.807) is 11.3 Å². The largest absolute Gasteiger partial charge is 0.491 e. The van der Waals surface area contributed by atoms with E-state index in [-0.39, 0.29) is 0 Å². The highest BCUT2D eigenvalue weighted by Gasteiger charge is 2.08. The maximum Gasteiger partial charge on any atom is 0.133 e. The topological polar surface area (TPSA) is 30.3 Å². The van der Waals surface area contributed by atoms with E-state index in [1.807, 2.05) is 44.2 Å². The quantitative estimate of drug-likeness (QED) is 0.800. The first-order valence-corrected chi connectivity index (χ1v) is 6.85. The van der Waals surface area contributed by atoms with Gasteiger partial charge in [-0.1, -0.05) is 0 Å². The first-order valence-electron chi connectivity index (χ1n) is 5.97. The minimum atomic E-state index is 0.724. The number of likely N-dealkylation sites (N-methyl/N-ethyl adjacent to an activating group) is 1. The van der Waals surface area contributed by atoms with Crippen LogP contribution in [0, 0.1) is 0 Å². The monoisotopic (exact) mass is 265 g/mol. The molecule has 0 aliphatic carbocycles. The van der Waals surface area contributed by atoms with Crippen LogP contribution in [0.2, 0.25) is 0 Å². The molecule has 0 N–H and O–H groups in total. The van der Waals surface area contributed by atoms with Gasteiger partial charge in [-0.25, -0.2) is 0 Å². The third-order valence-electron chi connectivity index (χ3n) is 2.76. The molecule has 18 heavy (non-hydrogen) atoms. The summed E-state index contributed by atoms with van der Waals surface area (Å²) < 4.78 is 7.72. The Labute approximate surface area is 112 Å². The van der Waals surface area contributed by atoms with Crippen molar-refractivity contribution < 1.29 is 4.74 Å². The molecule has 0 fully saturated rings. The van der Waals surface area contributed by atoms with E-state index >= 15 is 0 Å². The molecule has 98 valence electrons. The highest BCUT2D eigenvalue weighted by molar-refractivity contribution is 7.10. The van der Waals surface area contributed by atoms with Crippen molar-refractivity contribution in [1.29, 1.82) is 0 Å². The summed E-state index contributed by atoms with van der Waals surface area (Å²) in [4.78, 5) is 3.38. The fourth-order valence-electron chi connectivity index (χ4n) is 1.66.